The van der Waals surface area contributed by atoms with Crippen LogP contribution >= 0.6 is 0 Å². The standard InChI is InChI=1S/C13H18N4/c1-9-4-5-10(2)11(6-9)7-12-15-16-13(8-14)17(12)3/h4-6H,7-8,14H2,1-3H3. The molecule has 1 aromatic carbocycles. The van der Waals surface area contributed by atoms with Gasteiger partial charge >= 0.3 is 0 Å². The molecule has 1 heterocycles. The molecule has 0 aliphatic rings. The summed E-state index contributed by atoms with van der Waals surface area (Å²) in [5.41, 5.74) is 9.44. The van der Waals surface area contributed by atoms with Gasteiger partial charge < -0.3 is 10.3 Å². The van der Waals surface area contributed by atoms with Crippen LogP contribution in [0.15, 0.2) is 18.2 Å². The fourth-order valence-corrected chi connectivity index (χ4v) is 1.89. The largest absolute Gasteiger partial charge is 0.324 e. The molecule has 0 aliphatic carbocycles. The molecular weight excluding hydrogens is 212 g/mol. The van der Waals surface area contributed by atoms with Crippen LogP contribution in [0, 0.1) is 13.8 Å². The first-order valence-electron chi connectivity index (χ1n) is 5.75. The molecule has 0 atom stereocenters. The minimum Gasteiger partial charge on any atom is -0.324 e. The van der Waals surface area contributed by atoms with Crippen molar-refractivity contribution in [2.24, 2.45) is 12.8 Å². The van der Waals surface area contributed by atoms with E-state index in [0.717, 1.165) is 18.1 Å². The summed E-state index contributed by atoms with van der Waals surface area (Å²) in [6.07, 6.45) is 0.803. The molecule has 0 fully saturated rings. The zero-order chi connectivity index (χ0) is 12.4. The van der Waals surface area contributed by atoms with Crippen LogP contribution < -0.4 is 5.73 Å². The third-order valence-electron chi connectivity index (χ3n) is 3.09. The normalized spacial score (nSPS) is 10.8. The van der Waals surface area contributed by atoms with Crippen LogP contribution in [0.4, 0.5) is 0 Å². The summed E-state index contributed by atoms with van der Waals surface area (Å²) < 4.78 is 1.97. The Morgan fingerprint density at radius 2 is 1.88 bits per heavy atom. The van der Waals surface area contributed by atoms with Gasteiger partial charge in [-0.1, -0.05) is 23.8 Å². The lowest BCUT2D eigenvalue weighted by Gasteiger charge is -2.07. The van der Waals surface area contributed by atoms with E-state index in [4.69, 9.17) is 5.73 Å². The van der Waals surface area contributed by atoms with Crippen LogP contribution in [0.1, 0.15) is 28.3 Å². The highest BCUT2D eigenvalue weighted by atomic mass is 15.3. The lowest BCUT2D eigenvalue weighted by atomic mass is 10.0. The smallest absolute Gasteiger partial charge is 0.146 e. The van der Waals surface area contributed by atoms with Crippen LogP contribution in [-0.2, 0) is 20.0 Å². The number of aromatic nitrogens is 3. The Bertz CT molecular complexity index is 528. The number of nitrogens with two attached hydrogens (primary N) is 1. The number of hydrogen-bond acceptors (Lipinski definition) is 3. The van der Waals surface area contributed by atoms with Crippen LogP contribution in [0.3, 0.4) is 0 Å². The van der Waals surface area contributed by atoms with Gasteiger partial charge in [0.25, 0.3) is 0 Å². The van der Waals surface area contributed by atoms with Crippen LogP contribution in [0.25, 0.3) is 0 Å². The van der Waals surface area contributed by atoms with Crippen molar-refractivity contribution in [3.8, 4) is 0 Å². The second kappa shape index (κ2) is 4.67. The maximum atomic E-state index is 5.59. The number of rotatable bonds is 3. The van der Waals surface area contributed by atoms with Crippen LogP contribution in [0.5, 0.6) is 0 Å². The van der Waals surface area contributed by atoms with Gasteiger partial charge in [0.1, 0.15) is 11.6 Å². The summed E-state index contributed by atoms with van der Waals surface area (Å²) in [4.78, 5) is 0. The quantitative estimate of drug-likeness (QED) is 0.869. The summed E-state index contributed by atoms with van der Waals surface area (Å²) in [6, 6.07) is 6.47. The van der Waals surface area contributed by atoms with E-state index < -0.39 is 0 Å². The van der Waals surface area contributed by atoms with E-state index in [1.807, 2.05) is 11.6 Å². The molecule has 2 aromatic rings. The number of nitrogens with zero attached hydrogens (tertiary/aromatic N) is 3. The van der Waals surface area contributed by atoms with Gasteiger partial charge in [-0.15, -0.1) is 10.2 Å². The van der Waals surface area contributed by atoms with Gasteiger partial charge in [0.15, 0.2) is 0 Å². The van der Waals surface area contributed by atoms with Crippen molar-refractivity contribution in [3.63, 3.8) is 0 Å². The Morgan fingerprint density at radius 1 is 1.18 bits per heavy atom. The molecule has 1 aromatic heterocycles. The Hall–Kier alpha value is -1.68. The van der Waals surface area contributed by atoms with Gasteiger partial charge in [-0.3, -0.25) is 0 Å². The van der Waals surface area contributed by atoms with E-state index in [1.165, 1.54) is 16.7 Å². The number of hydrogen-bond donors (Lipinski definition) is 1. The number of benzene rings is 1. The molecule has 2 rings (SSSR count). The van der Waals surface area contributed by atoms with Gasteiger partial charge in [-0.05, 0) is 25.0 Å². The molecule has 0 amide bonds. The van der Waals surface area contributed by atoms with Crippen LogP contribution in [0.2, 0.25) is 0 Å². The molecule has 0 bridgehead atoms. The van der Waals surface area contributed by atoms with Crippen molar-refractivity contribution in [2.75, 3.05) is 0 Å². The molecule has 0 spiro atoms. The highest BCUT2D eigenvalue weighted by Crippen LogP contribution is 2.14. The first-order chi connectivity index (χ1) is 8.11. The molecule has 17 heavy (non-hydrogen) atoms. The molecule has 4 nitrogen and oxygen atoms in total. The SMILES string of the molecule is Cc1ccc(C)c(Cc2nnc(CN)n2C)c1. The maximum Gasteiger partial charge on any atom is 0.146 e. The summed E-state index contributed by atoms with van der Waals surface area (Å²) in [5, 5.41) is 8.26. The van der Waals surface area contributed by atoms with Crippen molar-refractivity contribution < 1.29 is 0 Å². The average Bonchev–Trinajstić information content (AvgIpc) is 2.65. The minimum atomic E-state index is 0.427. The second-order valence-corrected chi connectivity index (χ2v) is 4.40. The monoisotopic (exact) mass is 230 g/mol. The molecular formula is C13H18N4. The molecule has 0 saturated heterocycles. The lowest BCUT2D eigenvalue weighted by Crippen LogP contribution is -2.07. The molecule has 0 saturated carbocycles. The average molecular weight is 230 g/mol. The lowest BCUT2D eigenvalue weighted by molar-refractivity contribution is 0.757. The van der Waals surface area contributed by atoms with Crippen molar-refractivity contribution in [2.45, 2.75) is 26.8 Å². The predicted molar refractivity (Wildman–Crippen MR) is 67.6 cm³/mol. The minimum absolute atomic E-state index is 0.427. The molecule has 0 aliphatic heterocycles. The summed E-state index contributed by atoms with van der Waals surface area (Å²) in [5.74, 6) is 1.78. The van der Waals surface area contributed by atoms with Crippen molar-refractivity contribution in [1.29, 1.82) is 0 Å². The van der Waals surface area contributed by atoms with Gasteiger partial charge in [-0.25, -0.2) is 0 Å². The summed E-state index contributed by atoms with van der Waals surface area (Å²) >= 11 is 0. The number of aryl methyl sites for hydroxylation is 2. The van der Waals surface area contributed by atoms with Crippen molar-refractivity contribution >= 4 is 0 Å². The Balaban J connectivity index is 2.31. The molecule has 0 radical (unpaired) electrons. The summed E-state index contributed by atoms with van der Waals surface area (Å²) in [7, 11) is 1.96. The first-order valence-corrected chi connectivity index (χ1v) is 5.75. The Kier molecular flexibility index (Phi) is 3.24. The maximum absolute atomic E-state index is 5.59. The molecule has 2 N–H and O–H groups in total. The van der Waals surface area contributed by atoms with Crippen molar-refractivity contribution in [3.05, 3.63) is 46.5 Å². The van der Waals surface area contributed by atoms with Crippen LogP contribution in [-0.4, -0.2) is 14.8 Å². The second-order valence-electron chi connectivity index (χ2n) is 4.40. The highest BCUT2D eigenvalue weighted by Gasteiger charge is 2.09. The highest BCUT2D eigenvalue weighted by molar-refractivity contribution is 5.32. The van der Waals surface area contributed by atoms with Gasteiger partial charge in [0.2, 0.25) is 0 Å². The summed E-state index contributed by atoms with van der Waals surface area (Å²) in [6.45, 7) is 4.65. The van der Waals surface area contributed by atoms with E-state index in [9.17, 15) is 0 Å². The predicted octanol–water partition coefficient (Wildman–Crippen LogP) is 1.48. The zero-order valence-electron chi connectivity index (χ0n) is 10.6. The van der Waals surface area contributed by atoms with E-state index in [2.05, 4.69) is 42.2 Å². The van der Waals surface area contributed by atoms with Gasteiger partial charge in [-0.2, -0.15) is 0 Å². The fourth-order valence-electron chi connectivity index (χ4n) is 1.89. The van der Waals surface area contributed by atoms with E-state index in [1.54, 1.807) is 0 Å². The molecule has 90 valence electrons. The first kappa shape index (κ1) is 11.8. The Labute approximate surface area is 101 Å². The molecule has 0 unspecified atom stereocenters. The van der Waals surface area contributed by atoms with Gasteiger partial charge in [0, 0.05) is 13.5 Å². The third-order valence-corrected chi connectivity index (χ3v) is 3.09. The van der Waals surface area contributed by atoms with E-state index in [-0.39, 0.29) is 0 Å². The zero-order valence-corrected chi connectivity index (χ0v) is 10.6. The van der Waals surface area contributed by atoms with Gasteiger partial charge in [0.05, 0.1) is 6.54 Å². The Morgan fingerprint density at radius 3 is 2.53 bits per heavy atom. The third kappa shape index (κ3) is 2.36. The van der Waals surface area contributed by atoms with Crippen molar-refractivity contribution in [1.82, 2.24) is 14.8 Å². The fraction of sp³-hybridized carbons (Fsp3) is 0.385. The molecule has 4 heteroatoms. The van der Waals surface area contributed by atoms with E-state index in [0.29, 0.717) is 6.54 Å². The van der Waals surface area contributed by atoms with E-state index >= 15 is 0 Å². The topological polar surface area (TPSA) is 56.7 Å².